The van der Waals surface area contributed by atoms with Crippen LogP contribution in [0.4, 0.5) is 5.69 Å². The Bertz CT molecular complexity index is 831. The summed E-state index contributed by atoms with van der Waals surface area (Å²) in [5.41, 5.74) is 3.62. The van der Waals surface area contributed by atoms with E-state index in [9.17, 15) is 9.59 Å². The van der Waals surface area contributed by atoms with Gasteiger partial charge in [-0.2, -0.15) is 0 Å². The van der Waals surface area contributed by atoms with Crippen molar-refractivity contribution >= 4 is 17.6 Å². The van der Waals surface area contributed by atoms with Crippen molar-refractivity contribution in [3.05, 3.63) is 59.2 Å². The minimum absolute atomic E-state index is 0.270. The SMILES string of the molecule is CCOC(=O)c1cccc(NC(=O)[C@H](C)Oc2ccc3c(c2)CCCC3)c1. The molecule has 0 aliphatic heterocycles. The van der Waals surface area contributed by atoms with Gasteiger partial charge in [0.1, 0.15) is 5.75 Å². The van der Waals surface area contributed by atoms with E-state index < -0.39 is 12.1 Å². The second kappa shape index (κ2) is 8.71. The van der Waals surface area contributed by atoms with E-state index in [2.05, 4.69) is 11.4 Å². The molecule has 0 radical (unpaired) electrons. The minimum atomic E-state index is -0.655. The number of benzene rings is 2. The van der Waals surface area contributed by atoms with Gasteiger partial charge in [0, 0.05) is 5.69 Å². The Morgan fingerprint density at radius 1 is 1.07 bits per heavy atom. The van der Waals surface area contributed by atoms with Crippen molar-refractivity contribution in [3.63, 3.8) is 0 Å². The topological polar surface area (TPSA) is 64.6 Å². The summed E-state index contributed by atoms with van der Waals surface area (Å²) >= 11 is 0. The van der Waals surface area contributed by atoms with Crippen molar-refractivity contribution in [3.8, 4) is 5.75 Å². The number of carbonyl (C=O) groups is 2. The van der Waals surface area contributed by atoms with Crippen LogP contribution in [0.1, 0.15) is 48.2 Å². The second-order valence-electron chi connectivity index (χ2n) is 6.69. The molecule has 0 spiro atoms. The summed E-state index contributed by atoms with van der Waals surface area (Å²) in [6, 6.07) is 12.7. The number of amides is 1. The van der Waals surface area contributed by atoms with Crippen LogP contribution in [0.15, 0.2) is 42.5 Å². The van der Waals surface area contributed by atoms with Crippen LogP contribution in [0, 0.1) is 0 Å². The highest BCUT2D eigenvalue weighted by Crippen LogP contribution is 2.26. The Labute approximate surface area is 159 Å². The zero-order valence-electron chi connectivity index (χ0n) is 15.8. The Kier molecular flexibility index (Phi) is 6.12. The van der Waals surface area contributed by atoms with E-state index >= 15 is 0 Å². The predicted octanol–water partition coefficient (Wildman–Crippen LogP) is 4.15. The highest BCUT2D eigenvalue weighted by atomic mass is 16.5. The highest BCUT2D eigenvalue weighted by Gasteiger charge is 2.17. The van der Waals surface area contributed by atoms with Crippen molar-refractivity contribution in [1.29, 1.82) is 0 Å². The van der Waals surface area contributed by atoms with Gasteiger partial charge in [-0.1, -0.05) is 12.1 Å². The first-order valence-electron chi connectivity index (χ1n) is 9.43. The number of nitrogens with one attached hydrogen (secondary N) is 1. The maximum absolute atomic E-state index is 12.5. The smallest absolute Gasteiger partial charge is 0.338 e. The van der Waals surface area contributed by atoms with Gasteiger partial charge < -0.3 is 14.8 Å². The standard InChI is InChI=1S/C22H25NO4/c1-3-26-22(25)18-9-6-10-19(13-18)23-21(24)15(2)27-20-12-11-16-7-4-5-8-17(16)14-20/h6,9-15H,3-5,7-8H2,1-2H3,(H,23,24)/t15-/m0/s1. The fourth-order valence-electron chi connectivity index (χ4n) is 3.22. The predicted molar refractivity (Wildman–Crippen MR) is 104 cm³/mol. The molecule has 0 unspecified atom stereocenters. The molecule has 0 saturated heterocycles. The van der Waals surface area contributed by atoms with E-state index in [0.717, 1.165) is 12.8 Å². The maximum Gasteiger partial charge on any atom is 0.338 e. The lowest BCUT2D eigenvalue weighted by Crippen LogP contribution is -2.30. The van der Waals surface area contributed by atoms with E-state index in [1.165, 1.54) is 24.0 Å². The zero-order valence-corrected chi connectivity index (χ0v) is 15.8. The Morgan fingerprint density at radius 3 is 2.63 bits per heavy atom. The third-order valence-electron chi connectivity index (χ3n) is 4.64. The van der Waals surface area contributed by atoms with Gasteiger partial charge in [0.2, 0.25) is 0 Å². The molecule has 1 atom stereocenters. The summed E-state index contributed by atoms with van der Waals surface area (Å²) < 4.78 is 10.8. The molecule has 2 aromatic rings. The maximum atomic E-state index is 12.5. The highest BCUT2D eigenvalue weighted by molar-refractivity contribution is 5.96. The van der Waals surface area contributed by atoms with Gasteiger partial charge in [-0.3, -0.25) is 4.79 Å². The van der Waals surface area contributed by atoms with E-state index in [-0.39, 0.29) is 5.91 Å². The number of anilines is 1. The quantitative estimate of drug-likeness (QED) is 0.779. The van der Waals surface area contributed by atoms with E-state index in [4.69, 9.17) is 9.47 Å². The monoisotopic (exact) mass is 367 g/mol. The van der Waals surface area contributed by atoms with Crippen molar-refractivity contribution in [2.24, 2.45) is 0 Å². The summed E-state index contributed by atoms with van der Waals surface area (Å²) in [5, 5.41) is 2.79. The number of hydrogen-bond acceptors (Lipinski definition) is 4. The number of aryl methyl sites for hydroxylation is 2. The fourth-order valence-corrected chi connectivity index (χ4v) is 3.22. The van der Waals surface area contributed by atoms with Crippen LogP contribution in [-0.2, 0) is 22.4 Å². The summed E-state index contributed by atoms with van der Waals surface area (Å²) in [4.78, 5) is 24.3. The molecular weight excluding hydrogens is 342 g/mol. The molecule has 5 heteroatoms. The second-order valence-corrected chi connectivity index (χ2v) is 6.69. The van der Waals surface area contributed by atoms with Crippen LogP contribution in [0.2, 0.25) is 0 Å². The first-order chi connectivity index (χ1) is 13.1. The van der Waals surface area contributed by atoms with Crippen molar-refractivity contribution < 1.29 is 19.1 Å². The molecule has 0 fully saturated rings. The number of fused-ring (bicyclic) bond motifs is 1. The molecule has 1 N–H and O–H groups in total. The normalized spacial score (nSPS) is 14.0. The van der Waals surface area contributed by atoms with Crippen molar-refractivity contribution in [2.75, 3.05) is 11.9 Å². The lowest BCUT2D eigenvalue weighted by Gasteiger charge is -2.19. The van der Waals surface area contributed by atoms with Crippen LogP contribution >= 0.6 is 0 Å². The third-order valence-corrected chi connectivity index (χ3v) is 4.64. The Hall–Kier alpha value is -2.82. The molecule has 142 valence electrons. The van der Waals surface area contributed by atoms with Gasteiger partial charge in [-0.05, 0) is 81.0 Å². The Balaban J connectivity index is 1.62. The molecule has 1 aliphatic rings. The molecule has 0 aromatic heterocycles. The van der Waals surface area contributed by atoms with Crippen LogP contribution in [0.3, 0.4) is 0 Å². The van der Waals surface area contributed by atoms with Gasteiger partial charge in [-0.15, -0.1) is 0 Å². The van der Waals surface area contributed by atoms with Gasteiger partial charge in [0.15, 0.2) is 6.10 Å². The van der Waals surface area contributed by atoms with E-state index in [0.29, 0.717) is 23.6 Å². The van der Waals surface area contributed by atoms with E-state index in [1.54, 1.807) is 38.1 Å². The molecule has 0 saturated carbocycles. The number of hydrogen-bond donors (Lipinski definition) is 1. The summed E-state index contributed by atoms with van der Waals surface area (Å²) in [6.07, 6.45) is 3.95. The van der Waals surface area contributed by atoms with Gasteiger partial charge in [0.05, 0.1) is 12.2 Å². The molecule has 5 nitrogen and oxygen atoms in total. The molecule has 1 aliphatic carbocycles. The summed E-state index contributed by atoms with van der Waals surface area (Å²) in [5.74, 6) is 0.0271. The largest absolute Gasteiger partial charge is 0.481 e. The van der Waals surface area contributed by atoms with Gasteiger partial charge in [0.25, 0.3) is 5.91 Å². The van der Waals surface area contributed by atoms with Crippen LogP contribution in [-0.4, -0.2) is 24.6 Å². The first-order valence-corrected chi connectivity index (χ1v) is 9.43. The number of rotatable bonds is 6. The van der Waals surface area contributed by atoms with Crippen molar-refractivity contribution in [2.45, 2.75) is 45.6 Å². The number of esters is 1. The van der Waals surface area contributed by atoms with Crippen LogP contribution < -0.4 is 10.1 Å². The van der Waals surface area contributed by atoms with Gasteiger partial charge >= 0.3 is 5.97 Å². The molecule has 2 aromatic carbocycles. The molecule has 27 heavy (non-hydrogen) atoms. The molecule has 3 rings (SSSR count). The number of ether oxygens (including phenoxy) is 2. The van der Waals surface area contributed by atoms with E-state index in [1.807, 2.05) is 12.1 Å². The number of carbonyl (C=O) groups excluding carboxylic acids is 2. The zero-order chi connectivity index (χ0) is 19.2. The fraction of sp³-hybridized carbons (Fsp3) is 0.364. The molecule has 0 heterocycles. The summed E-state index contributed by atoms with van der Waals surface area (Å²) in [7, 11) is 0. The van der Waals surface area contributed by atoms with Gasteiger partial charge in [-0.25, -0.2) is 4.79 Å². The molecule has 0 bridgehead atoms. The lowest BCUT2D eigenvalue weighted by molar-refractivity contribution is -0.122. The molecule has 1 amide bonds. The summed E-state index contributed by atoms with van der Waals surface area (Å²) in [6.45, 7) is 3.77. The molecular formula is C22H25NO4. The lowest BCUT2D eigenvalue weighted by atomic mass is 9.92. The van der Waals surface area contributed by atoms with Crippen LogP contribution in [0.5, 0.6) is 5.75 Å². The average Bonchev–Trinajstić information content (AvgIpc) is 2.68. The van der Waals surface area contributed by atoms with Crippen LogP contribution in [0.25, 0.3) is 0 Å². The average molecular weight is 367 g/mol. The first kappa shape index (κ1) is 19.0. The van der Waals surface area contributed by atoms with Crippen molar-refractivity contribution in [1.82, 2.24) is 0 Å². The third kappa shape index (κ3) is 4.88. The Morgan fingerprint density at radius 2 is 1.85 bits per heavy atom. The minimum Gasteiger partial charge on any atom is -0.481 e.